The third kappa shape index (κ3) is 1.47. The van der Waals surface area contributed by atoms with Crippen LogP contribution in [-0.2, 0) is 4.79 Å². The van der Waals surface area contributed by atoms with Crippen LogP contribution in [0.4, 0.5) is 4.79 Å². The van der Waals surface area contributed by atoms with E-state index >= 15 is 0 Å². The Labute approximate surface area is 73.9 Å². The van der Waals surface area contributed by atoms with Gasteiger partial charge in [0.25, 0.3) is 5.91 Å². The summed E-state index contributed by atoms with van der Waals surface area (Å²) in [4.78, 5) is 21.2. The molecule has 3 amide bonds. The van der Waals surface area contributed by atoms with Gasteiger partial charge in [-0.2, -0.15) is 3.93 Å². The molecule has 0 aromatic carbocycles. The number of hydrogen-bond acceptors (Lipinski definition) is 2. The number of rotatable bonds is 0. The maximum absolute atomic E-state index is 10.7. The fraction of sp³-hybridized carbons (Fsp3) is 0.333. The van der Waals surface area contributed by atoms with E-state index in [1.807, 2.05) is 0 Å². The lowest BCUT2D eigenvalue weighted by atomic mass is 10.7. The lowest BCUT2D eigenvalue weighted by molar-refractivity contribution is -0.121. The van der Waals surface area contributed by atoms with E-state index in [1.54, 1.807) is 0 Å². The Hall–Kier alpha value is -0.140. The van der Waals surface area contributed by atoms with Gasteiger partial charge in [0.15, 0.2) is 0 Å². The molecule has 0 saturated carbocycles. The van der Waals surface area contributed by atoms with Crippen molar-refractivity contribution in [3.8, 4) is 0 Å². The SMILES string of the molecule is O.O=C1CN(Br)C(=O)N1Br. The van der Waals surface area contributed by atoms with Gasteiger partial charge in [0.05, 0.1) is 32.3 Å². The van der Waals surface area contributed by atoms with E-state index in [0.29, 0.717) is 0 Å². The van der Waals surface area contributed by atoms with Crippen LogP contribution in [0.1, 0.15) is 0 Å². The minimum atomic E-state index is -0.389. The minimum absolute atomic E-state index is 0. The van der Waals surface area contributed by atoms with Crippen molar-refractivity contribution in [2.75, 3.05) is 6.54 Å². The van der Waals surface area contributed by atoms with Crippen LogP contribution in [0.15, 0.2) is 0 Å². The Kier molecular flexibility index (Phi) is 3.26. The molecule has 1 rings (SSSR count). The molecule has 10 heavy (non-hydrogen) atoms. The minimum Gasteiger partial charge on any atom is -0.412 e. The summed E-state index contributed by atoms with van der Waals surface area (Å²) in [5.41, 5.74) is 0. The first-order chi connectivity index (χ1) is 4.13. The molecule has 5 nitrogen and oxygen atoms in total. The summed E-state index contributed by atoms with van der Waals surface area (Å²) < 4.78 is 2.02. The first kappa shape index (κ1) is 9.86. The summed E-state index contributed by atoms with van der Waals surface area (Å²) >= 11 is 5.65. The zero-order valence-corrected chi connectivity index (χ0v) is 7.85. The number of amides is 3. The Bertz CT molecular complexity index is 173. The second-order valence-corrected chi connectivity index (χ2v) is 3.04. The van der Waals surface area contributed by atoms with Crippen LogP contribution < -0.4 is 0 Å². The van der Waals surface area contributed by atoms with Crippen molar-refractivity contribution in [3.05, 3.63) is 0 Å². The fourth-order valence-corrected chi connectivity index (χ4v) is 1.34. The van der Waals surface area contributed by atoms with Gasteiger partial charge in [-0.05, 0) is 0 Å². The summed E-state index contributed by atoms with van der Waals surface area (Å²) in [5.74, 6) is -0.267. The number of halogens is 2. The number of imide groups is 1. The van der Waals surface area contributed by atoms with Crippen LogP contribution in [0, 0.1) is 0 Å². The predicted octanol–water partition coefficient (Wildman–Crippen LogP) is 0.0457. The smallest absolute Gasteiger partial charge is 0.347 e. The molecule has 1 fully saturated rings. The highest BCUT2D eigenvalue weighted by atomic mass is 79.9. The average molecular weight is 276 g/mol. The Morgan fingerprint density at radius 3 is 1.90 bits per heavy atom. The van der Waals surface area contributed by atoms with Crippen LogP contribution in [0.3, 0.4) is 0 Å². The lowest BCUT2D eigenvalue weighted by Crippen LogP contribution is -2.18. The number of carbonyl (C=O) groups is 2. The molecule has 0 bridgehead atoms. The van der Waals surface area contributed by atoms with Gasteiger partial charge in [-0.3, -0.25) is 4.79 Å². The second-order valence-electron chi connectivity index (χ2n) is 1.48. The van der Waals surface area contributed by atoms with Gasteiger partial charge in [0.1, 0.15) is 6.54 Å². The number of urea groups is 1. The zero-order valence-electron chi connectivity index (χ0n) is 4.67. The van der Waals surface area contributed by atoms with E-state index in [1.165, 1.54) is 0 Å². The third-order valence-corrected chi connectivity index (χ3v) is 2.12. The molecule has 0 radical (unpaired) electrons. The standard InChI is InChI=1S/C3H2Br2N2O2.H2O/c4-6-1-2(8)7(5)3(6)9;/h1H2;1H2. The van der Waals surface area contributed by atoms with E-state index in [2.05, 4.69) is 32.3 Å². The van der Waals surface area contributed by atoms with Crippen LogP contribution in [-0.4, -0.2) is 31.8 Å². The van der Waals surface area contributed by atoms with Crippen LogP contribution >= 0.6 is 32.3 Å². The van der Waals surface area contributed by atoms with Gasteiger partial charge in [0.2, 0.25) is 0 Å². The van der Waals surface area contributed by atoms with Gasteiger partial charge in [-0.25, -0.2) is 8.72 Å². The molecule has 0 atom stereocenters. The monoisotopic (exact) mass is 274 g/mol. The Balaban J connectivity index is 0.000000810. The van der Waals surface area contributed by atoms with E-state index in [0.717, 1.165) is 7.85 Å². The van der Waals surface area contributed by atoms with Gasteiger partial charge in [-0.1, -0.05) is 0 Å². The lowest BCUT2D eigenvalue weighted by Gasteiger charge is -2.00. The molecule has 1 aliphatic rings. The van der Waals surface area contributed by atoms with Crippen LogP contribution in [0.2, 0.25) is 0 Å². The van der Waals surface area contributed by atoms with Crippen LogP contribution in [0.25, 0.3) is 0 Å². The fourth-order valence-electron chi connectivity index (χ4n) is 0.450. The van der Waals surface area contributed by atoms with Crippen molar-refractivity contribution < 1.29 is 15.1 Å². The average Bonchev–Trinajstić information content (AvgIpc) is 1.98. The Morgan fingerprint density at radius 2 is 1.80 bits per heavy atom. The molecular formula is C3H4Br2N2O3. The summed E-state index contributed by atoms with van der Waals surface area (Å²) in [5, 5.41) is 0. The zero-order chi connectivity index (χ0) is 7.02. The summed E-state index contributed by atoms with van der Waals surface area (Å²) in [7, 11) is 0. The maximum atomic E-state index is 10.7. The van der Waals surface area contributed by atoms with Crippen molar-refractivity contribution in [1.29, 1.82) is 0 Å². The first-order valence-corrected chi connectivity index (χ1v) is 3.51. The second kappa shape index (κ2) is 3.31. The molecule has 0 aromatic rings. The van der Waals surface area contributed by atoms with E-state index < -0.39 is 0 Å². The third-order valence-electron chi connectivity index (χ3n) is 0.869. The molecule has 2 N–H and O–H groups in total. The molecule has 1 heterocycles. The van der Waals surface area contributed by atoms with E-state index in [-0.39, 0.29) is 24.0 Å². The molecule has 1 aliphatic heterocycles. The quantitative estimate of drug-likeness (QED) is 0.463. The van der Waals surface area contributed by atoms with Crippen LogP contribution in [0.5, 0.6) is 0 Å². The Morgan fingerprint density at radius 1 is 1.30 bits per heavy atom. The highest BCUT2D eigenvalue weighted by Gasteiger charge is 2.33. The highest BCUT2D eigenvalue weighted by Crippen LogP contribution is 2.16. The largest absolute Gasteiger partial charge is 0.412 e. The normalized spacial score (nSPS) is 17.8. The molecule has 1 saturated heterocycles. The maximum Gasteiger partial charge on any atom is 0.347 e. The molecule has 0 spiro atoms. The van der Waals surface area contributed by atoms with Crippen molar-refractivity contribution in [2.24, 2.45) is 0 Å². The van der Waals surface area contributed by atoms with Crippen molar-refractivity contribution in [3.63, 3.8) is 0 Å². The summed E-state index contributed by atoms with van der Waals surface area (Å²) in [6.07, 6.45) is 0. The highest BCUT2D eigenvalue weighted by molar-refractivity contribution is 9.08. The summed E-state index contributed by atoms with van der Waals surface area (Å²) in [6.45, 7) is 0.0874. The first-order valence-electron chi connectivity index (χ1n) is 2.09. The van der Waals surface area contributed by atoms with Crippen molar-refractivity contribution in [1.82, 2.24) is 7.85 Å². The molecule has 0 aromatic heterocycles. The van der Waals surface area contributed by atoms with E-state index in [9.17, 15) is 9.59 Å². The van der Waals surface area contributed by atoms with Gasteiger partial charge in [0, 0.05) is 0 Å². The number of hydrogen-bond donors (Lipinski definition) is 0. The number of nitrogens with zero attached hydrogens (tertiary/aromatic N) is 2. The van der Waals surface area contributed by atoms with Crippen molar-refractivity contribution in [2.45, 2.75) is 0 Å². The topological polar surface area (TPSA) is 72.1 Å². The van der Waals surface area contributed by atoms with Crippen molar-refractivity contribution >= 4 is 44.2 Å². The van der Waals surface area contributed by atoms with Gasteiger partial charge in [-0.15, -0.1) is 0 Å². The molecule has 7 heteroatoms. The van der Waals surface area contributed by atoms with Gasteiger partial charge >= 0.3 is 6.03 Å². The molecule has 58 valence electrons. The summed E-state index contributed by atoms with van der Waals surface area (Å²) in [6, 6.07) is -0.389. The molecular weight excluding hydrogens is 272 g/mol. The predicted molar refractivity (Wildman–Crippen MR) is 40.4 cm³/mol. The number of carbonyl (C=O) groups excluding carboxylic acids is 2. The molecule has 0 aliphatic carbocycles. The van der Waals surface area contributed by atoms with E-state index in [4.69, 9.17) is 0 Å². The molecule has 0 unspecified atom stereocenters. The van der Waals surface area contributed by atoms with Gasteiger partial charge < -0.3 is 5.48 Å².